The first-order chi connectivity index (χ1) is 9.24. The van der Waals surface area contributed by atoms with Crippen LogP contribution in [0.2, 0.25) is 0 Å². The molecule has 0 saturated heterocycles. The largest absolute Gasteiger partial charge is 0.492 e. The number of ether oxygens (including phenoxy) is 1. The molecule has 0 amide bonds. The Morgan fingerprint density at radius 3 is 2.53 bits per heavy atom. The molecule has 0 bridgehead atoms. The molecule has 0 fully saturated rings. The molecule has 4 nitrogen and oxygen atoms in total. The molecule has 0 atom stereocenters. The van der Waals surface area contributed by atoms with Crippen LogP contribution in [0, 0.1) is 0 Å². The predicted octanol–water partition coefficient (Wildman–Crippen LogP) is 2.77. The van der Waals surface area contributed by atoms with Crippen molar-refractivity contribution >= 4 is 11.4 Å². The number of rotatable bonds is 6. The molecule has 0 saturated carbocycles. The fourth-order valence-electron chi connectivity index (χ4n) is 1.58. The molecule has 0 aliphatic carbocycles. The minimum atomic E-state index is 0.697. The molecule has 100 valence electrons. The Labute approximate surface area is 114 Å². The number of likely N-dealkylation sites (N-methyl/N-ethyl adjacent to an activating group) is 1. The molecule has 0 unspecified atom stereocenters. The maximum absolute atomic E-state index is 5.64. The van der Waals surface area contributed by atoms with Gasteiger partial charge in [-0.05, 0) is 50.5 Å². The van der Waals surface area contributed by atoms with Gasteiger partial charge in [0.1, 0.15) is 12.4 Å². The molecular formula is C15H19N3O. The number of benzene rings is 1. The van der Waals surface area contributed by atoms with Crippen LogP contribution in [-0.2, 0) is 0 Å². The van der Waals surface area contributed by atoms with Crippen LogP contribution in [0.3, 0.4) is 0 Å². The highest BCUT2D eigenvalue weighted by atomic mass is 16.5. The maximum atomic E-state index is 5.64. The van der Waals surface area contributed by atoms with Crippen molar-refractivity contribution in [1.29, 1.82) is 0 Å². The van der Waals surface area contributed by atoms with Crippen LogP contribution < -0.4 is 10.1 Å². The second kappa shape index (κ2) is 6.75. The van der Waals surface area contributed by atoms with E-state index in [1.54, 1.807) is 12.4 Å². The zero-order chi connectivity index (χ0) is 13.5. The van der Waals surface area contributed by atoms with Crippen molar-refractivity contribution in [2.45, 2.75) is 0 Å². The van der Waals surface area contributed by atoms with E-state index >= 15 is 0 Å². The van der Waals surface area contributed by atoms with Crippen molar-refractivity contribution in [2.24, 2.45) is 0 Å². The number of anilines is 2. The summed E-state index contributed by atoms with van der Waals surface area (Å²) in [5.74, 6) is 0.888. The lowest BCUT2D eigenvalue weighted by atomic mass is 10.3. The van der Waals surface area contributed by atoms with Gasteiger partial charge in [0, 0.05) is 18.4 Å². The highest BCUT2D eigenvalue weighted by Crippen LogP contribution is 2.19. The van der Waals surface area contributed by atoms with Gasteiger partial charge >= 0.3 is 0 Å². The Balaban J connectivity index is 1.88. The quantitative estimate of drug-likeness (QED) is 0.863. The van der Waals surface area contributed by atoms with Gasteiger partial charge in [0.2, 0.25) is 0 Å². The van der Waals surface area contributed by atoms with Gasteiger partial charge in [0.15, 0.2) is 0 Å². The highest BCUT2D eigenvalue weighted by Gasteiger charge is 1.97. The van der Waals surface area contributed by atoms with Gasteiger partial charge < -0.3 is 15.0 Å². The normalized spacial score (nSPS) is 10.5. The Morgan fingerprint density at radius 2 is 1.89 bits per heavy atom. The summed E-state index contributed by atoms with van der Waals surface area (Å²) in [5.41, 5.74) is 2.00. The standard InChI is InChI=1S/C15H19N3O/c1-18(2)10-11-19-15-7-5-13(6-8-15)17-14-4-3-9-16-12-14/h3-9,12,17H,10-11H2,1-2H3. The SMILES string of the molecule is CN(C)CCOc1ccc(Nc2cccnc2)cc1. The van der Waals surface area contributed by atoms with Crippen molar-refractivity contribution in [2.75, 3.05) is 32.6 Å². The van der Waals surface area contributed by atoms with Gasteiger partial charge in [0.05, 0.1) is 11.9 Å². The monoisotopic (exact) mass is 257 g/mol. The number of nitrogens with one attached hydrogen (secondary N) is 1. The van der Waals surface area contributed by atoms with Gasteiger partial charge in [0.25, 0.3) is 0 Å². The van der Waals surface area contributed by atoms with E-state index in [1.165, 1.54) is 0 Å². The molecule has 1 aromatic heterocycles. The Bertz CT molecular complexity index is 483. The summed E-state index contributed by atoms with van der Waals surface area (Å²) in [6.45, 7) is 1.61. The highest BCUT2D eigenvalue weighted by molar-refractivity contribution is 5.59. The van der Waals surface area contributed by atoms with Gasteiger partial charge in [-0.25, -0.2) is 0 Å². The summed E-state index contributed by atoms with van der Waals surface area (Å²) in [7, 11) is 4.06. The average Bonchev–Trinajstić information content (AvgIpc) is 2.42. The van der Waals surface area contributed by atoms with E-state index in [0.717, 1.165) is 23.7 Å². The van der Waals surface area contributed by atoms with Crippen molar-refractivity contribution in [3.63, 3.8) is 0 Å². The zero-order valence-electron chi connectivity index (χ0n) is 11.3. The van der Waals surface area contributed by atoms with Crippen molar-refractivity contribution in [3.05, 3.63) is 48.8 Å². The molecule has 1 N–H and O–H groups in total. The molecule has 0 aliphatic heterocycles. The van der Waals surface area contributed by atoms with Crippen LogP contribution in [0.15, 0.2) is 48.8 Å². The van der Waals surface area contributed by atoms with Crippen LogP contribution in [0.1, 0.15) is 0 Å². The Hall–Kier alpha value is -2.07. The molecule has 4 heteroatoms. The molecular weight excluding hydrogens is 238 g/mol. The lowest BCUT2D eigenvalue weighted by Crippen LogP contribution is -2.19. The number of hydrogen-bond acceptors (Lipinski definition) is 4. The van der Waals surface area contributed by atoms with Crippen LogP contribution in [-0.4, -0.2) is 37.1 Å². The summed E-state index contributed by atoms with van der Waals surface area (Å²) in [4.78, 5) is 6.16. The summed E-state index contributed by atoms with van der Waals surface area (Å²) < 4.78 is 5.64. The van der Waals surface area contributed by atoms with Crippen LogP contribution in [0.5, 0.6) is 5.75 Å². The first-order valence-corrected chi connectivity index (χ1v) is 6.29. The third kappa shape index (κ3) is 4.60. The molecule has 2 aromatic rings. The molecule has 19 heavy (non-hydrogen) atoms. The molecule has 0 radical (unpaired) electrons. The third-order valence-corrected chi connectivity index (χ3v) is 2.61. The minimum absolute atomic E-state index is 0.697. The first kappa shape index (κ1) is 13.4. The maximum Gasteiger partial charge on any atom is 0.119 e. The van der Waals surface area contributed by atoms with Gasteiger partial charge in [-0.1, -0.05) is 0 Å². The zero-order valence-corrected chi connectivity index (χ0v) is 11.3. The van der Waals surface area contributed by atoms with E-state index in [-0.39, 0.29) is 0 Å². The van der Waals surface area contributed by atoms with Crippen molar-refractivity contribution in [1.82, 2.24) is 9.88 Å². The fourth-order valence-corrected chi connectivity index (χ4v) is 1.58. The Kier molecular flexibility index (Phi) is 4.75. The summed E-state index contributed by atoms with van der Waals surface area (Å²) in [6.07, 6.45) is 3.55. The number of aromatic nitrogens is 1. The second-order valence-electron chi connectivity index (χ2n) is 4.54. The molecule has 1 heterocycles. The topological polar surface area (TPSA) is 37.4 Å². The van der Waals surface area contributed by atoms with E-state index in [0.29, 0.717) is 6.61 Å². The van der Waals surface area contributed by atoms with Crippen LogP contribution >= 0.6 is 0 Å². The van der Waals surface area contributed by atoms with Gasteiger partial charge in [-0.3, -0.25) is 4.98 Å². The molecule has 0 aliphatic rings. The van der Waals surface area contributed by atoms with Crippen molar-refractivity contribution < 1.29 is 4.74 Å². The van der Waals surface area contributed by atoms with E-state index in [4.69, 9.17) is 4.74 Å². The van der Waals surface area contributed by atoms with Gasteiger partial charge in [-0.2, -0.15) is 0 Å². The fraction of sp³-hybridized carbons (Fsp3) is 0.267. The lowest BCUT2D eigenvalue weighted by molar-refractivity contribution is 0.261. The third-order valence-electron chi connectivity index (χ3n) is 2.61. The number of pyridine rings is 1. The second-order valence-corrected chi connectivity index (χ2v) is 4.54. The predicted molar refractivity (Wildman–Crippen MR) is 78.0 cm³/mol. The summed E-state index contributed by atoms with van der Waals surface area (Å²) in [5, 5.41) is 3.28. The van der Waals surface area contributed by atoms with Gasteiger partial charge in [-0.15, -0.1) is 0 Å². The number of hydrogen-bond donors (Lipinski definition) is 1. The summed E-state index contributed by atoms with van der Waals surface area (Å²) >= 11 is 0. The van der Waals surface area contributed by atoms with Crippen molar-refractivity contribution in [3.8, 4) is 5.75 Å². The first-order valence-electron chi connectivity index (χ1n) is 6.29. The lowest BCUT2D eigenvalue weighted by Gasteiger charge is -2.11. The summed E-state index contributed by atoms with van der Waals surface area (Å²) in [6, 6.07) is 11.8. The smallest absolute Gasteiger partial charge is 0.119 e. The minimum Gasteiger partial charge on any atom is -0.492 e. The van der Waals surface area contributed by atoms with E-state index in [9.17, 15) is 0 Å². The van der Waals surface area contributed by atoms with Crippen LogP contribution in [0.4, 0.5) is 11.4 Å². The Morgan fingerprint density at radius 1 is 1.11 bits per heavy atom. The molecule has 2 rings (SSSR count). The molecule has 1 aromatic carbocycles. The molecule has 0 spiro atoms. The number of nitrogens with zero attached hydrogens (tertiary/aromatic N) is 2. The van der Waals surface area contributed by atoms with E-state index < -0.39 is 0 Å². The average molecular weight is 257 g/mol. The van der Waals surface area contributed by atoms with Crippen LogP contribution in [0.25, 0.3) is 0 Å². The van der Waals surface area contributed by atoms with E-state index in [2.05, 4.69) is 15.2 Å². The van der Waals surface area contributed by atoms with E-state index in [1.807, 2.05) is 50.5 Å².